The van der Waals surface area contributed by atoms with Gasteiger partial charge in [0.25, 0.3) is 5.56 Å². The van der Waals surface area contributed by atoms with E-state index in [4.69, 9.17) is 0 Å². The molecule has 0 saturated heterocycles. The normalized spacial score (nSPS) is 14.1. The van der Waals surface area contributed by atoms with Gasteiger partial charge in [0.1, 0.15) is 0 Å². The number of aromatic nitrogens is 4. The van der Waals surface area contributed by atoms with Crippen molar-refractivity contribution >= 4 is 23.6 Å². The summed E-state index contributed by atoms with van der Waals surface area (Å²) in [7, 11) is 3.16. The average Bonchev–Trinajstić information content (AvgIpc) is 3.12. The summed E-state index contributed by atoms with van der Waals surface area (Å²) in [5.74, 6) is 0. The Morgan fingerprint density at radius 3 is 2.50 bits per heavy atom. The Morgan fingerprint density at radius 2 is 1.71 bits per heavy atom. The van der Waals surface area contributed by atoms with Crippen molar-refractivity contribution in [3.05, 3.63) is 62.6 Å². The predicted molar refractivity (Wildman–Crippen MR) is 112 cm³/mol. The molecule has 28 heavy (non-hydrogen) atoms. The lowest BCUT2D eigenvalue weighted by Crippen LogP contribution is -2.37. The molecule has 4 rings (SSSR count). The van der Waals surface area contributed by atoms with Crippen LogP contribution in [0.1, 0.15) is 24.0 Å². The highest BCUT2D eigenvalue weighted by molar-refractivity contribution is 5.85. The highest BCUT2D eigenvalue weighted by atomic mass is 35.5. The molecule has 0 aliphatic carbocycles. The van der Waals surface area contributed by atoms with Gasteiger partial charge in [-0.1, -0.05) is 24.3 Å². The van der Waals surface area contributed by atoms with Crippen molar-refractivity contribution in [1.82, 2.24) is 23.6 Å². The minimum atomic E-state index is -0.344. The second-order valence-electron chi connectivity index (χ2n) is 7.32. The molecule has 0 unspecified atom stereocenters. The number of aryl methyl sites for hydroxylation is 2. The van der Waals surface area contributed by atoms with Crippen LogP contribution in [0.15, 0.2) is 40.2 Å². The van der Waals surface area contributed by atoms with Crippen molar-refractivity contribution in [2.45, 2.75) is 32.4 Å². The molecule has 0 spiro atoms. The largest absolute Gasteiger partial charge is 0.332 e. The molecule has 1 aliphatic rings. The zero-order valence-corrected chi connectivity index (χ0v) is 17.1. The molecule has 3 aromatic rings. The van der Waals surface area contributed by atoms with Gasteiger partial charge in [0, 0.05) is 33.7 Å². The third-order valence-electron chi connectivity index (χ3n) is 5.55. The Kier molecular flexibility index (Phi) is 6.05. The Hall–Kier alpha value is -2.38. The third-order valence-corrected chi connectivity index (χ3v) is 5.55. The molecule has 2 aromatic heterocycles. The quantitative estimate of drug-likeness (QED) is 0.608. The van der Waals surface area contributed by atoms with Crippen molar-refractivity contribution in [3.63, 3.8) is 0 Å². The number of fused-ring (bicyclic) bond motifs is 2. The van der Waals surface area contributed by atoms with Crippen LogP contribution in [-0.2, 0) is 33.6 Å². The van der Waals surface area contributed by atoms with Crippen LogP contribution >= 0.6 is 12.4 Å². The summed E-state index contributed by atoms with van der Waals surface area (Å²) in [5, 5.41) is 0. The predicted octanol–water partition coefficient (Wildman–Crippen LogP) is 1.69. The molecule has 0 atom stereocenters. The van der Waals surface area contributed by atoms with Crippen LogP contribution in [0, 0.1) is 0 Å². The molecule has 0 fully saturated rings. The van der Waals surface area contributed by atoms with Gasteiger partial charge < -0.3 is 4.57 Å². The highest BCUT2D eigenvalue weighted by Crippen LogP contribution is 2.18. The number of nitrogens with zero attached hydrogens (tertiary/aromatic N) is 5. The molecule has 0 saturated carbocycles. The second kappa shape index (κ2) is 8.32. The van der Waals surface area contributed by atoms with Crippen LogP contribution in [0.5, 0.6) is 0 Å². The van der Waals surface area contributed by atoms with Gasteiger partial charge >= 0.3 is 5.69 Å². The summed E-state index contributed by atoms with van der Waals surface area (Å²) in [4.78, 5) is 31.2. The topological polar surface area (TPSA) is 65.1 Å². The lowest BCUT2D eigenvalue weighted by atomic mass is 10.00. The van der Waals surface area contributed by atoms with E-state index in [1.807, 2.05) is 4.57 Å². The first-order chi connectivity index (χ1) is 13.1. The monoisotopic (exact) mass is 403 g/mol. The molecule has 0 radical (unpaired) electrons. The molecule has 3 heterocycles. The highest BCUT2D eigenvalue weighted by Gasteiger charge is 2.16. The number of halogens is 1. The first-order valence-electron chi connectivity index (χ1n) is 9.46. The minimum Gasteiger partial charge on any atom is -0.325 e. The fraction of sp³-hybridized carbons (Fsp3) is 0.450. The first kappa shape index (κ1) is 20.4. The molecular formula is C20H26ClN5O2. The van der Waals surface area contributed by atoms with E-state index in [1.165, 1.54) is 22.7 Å². The number of rotatable bonds is 5. The Morgan fingerprint density at radius 1 is 1.00 bits per heavy atom. The fourth-order valence-corrected chi connectivity index (χ4v) is 3.93. The zero-order chi connectivity index (χ0) is 19.0. The van der Waals surface area contributed by atoms with Crippen molar-refractivity contribution in [1.29, 1.82) is 0 Å². The summed E-state index contributed by atoms with van der Waals surface area (Å²) >= 11 is 0. The van der Waals surface area contributed by atoms with E-state index in [0.29, 0.717) is 11.2 Å². The van der Waals surface area contributed by atoms with E-state index in [2.05, 4.69) is 34.1 Å². The van der Waals surface area contributed by atoms with Crippen molar-refractivity contribution in [3.8, 4) is 0 Å². The van der Waals surface area contributed by atoms with Gasteiger partial charge in [-0.3, -0.25) is 18.8 Å². The Bertz CT molecular complexity index is 1100. The minimum absolute atomic E-state index is 0. The van der Waals surface area contributed by atoms with Crippen molar-refractivity contribution in [2.75, 3.05) is 13.1 Å². The molecule has 150 valence electrons. The van der Waals surface area contributed by atoms with Crippen molar-refractivity contribution in [2.24, 2.45) is 14.1 Å². The number of hydrogen-bond acceptors (Lipinski definition) is 4. The smallest absolute Gasteiger partial charge is 0.325 e. The zero-order valence-electron chi connectivity index (χ0n) is 16.3. The van der Waals surface area contributed by atoms with Crippen LogP contribution in [-0.4, -0.2) is 36.7 Å². The number of benzene rings is 1. The maximum absolute atomic E-state index is 12.5. The summed E-state index contributed by atoms with van der Waals surface area (Å²) in [6, 6.07) is 8.67. The number of hydrogen-bond donors (Lipinski definition) is 0. The van der Waals surface area contributed by atoms with Gasteiger partial charge in [0.2, 0.25) is 0 Å². The summed E-state index contributed by atoms with van der Waals surface area (Å²) in [6.45, 7) is 3.91. The Balaban J connectivity index is 0.00000225. The van der Waals surface area contributed by atoms with E-state index < -0.39 is 0 Å². The van der Waals surface area contributed by atoms with Crippen molar-refractivity contribution < 1.29 is 0 Å². The molecule has 1 aliphatic heterocycles. The summed E-state index contributed by atoms with van der Waals surface area (Å²) < 4.78 is 4.45. The lowest BCUT2D eigenvalue weighted by Gasteiger charge is -2.28. The number of unbranched alkanes of at least 4 members (excludes halogenated alkanes) is 1. The van der Waals surface area contributed by atoms with E-state index in [9.17, 15) is 9.59 Å². The van der Waals surface area contributed by atoms with Crippen LogP contribution in [0.2, 0.25) is 0 Å². The maximum Gasteiger partial charge on any atom is 0.332 e. The van der Waals surface area contributed by atoms with Crippen LogP contribution < -0.4 is 11.2 Å². The van der Waals surface area contributed by atoms with Gasteiger partial charge in [-0.05, 0) is 36.9 Å². The Labute approximate surface area is 169 Å². The van der Waals surface area contributed by atoms with Crippen LogP contribution in [0.25, 0.3) is 11.2 Å². The summed E-state index contributed by atoms with van der Waals surface area (Å²) in [6.07, 6.45) is 4.82. The SMILES string of the molecule is Cl.Cn1c(=O)c2c(ncn2CCCCN2CCc3ccccc3C2)n(C)c1=O. The summed E-state index contributed by atoms with van der Waals surface area (Å²) in [5.41, 5.74) is 3.25. The average molecular weight is 404 g/mol. The maximum atomic E-state index is 12.5. The van der Waals surface area contributed by atoms with E-state index in [-0.39, 0.29) is 23.7 Å². The molecule has 0 amide bonds. The van der Waals surface area contributed by atoms with Crippen LogP contribution in [0.3, 0.4) is 0 Å². The van der Waals surface area contributed by atoms with Gasteiger partial charge in [-0.15, -0.1) is 12.4 Å². The van der Waals surface area contributed by atoms with Gasteiger partial charge in [-0.25, -0.2) is 9.78 Å². The fourth-order valence-electron chi connectivity index (χ4n) is 3.93. The van der Waals surface area contributed by atoms with Gasteiger partial charge in [-0.2, -0.15) is 0 Å². The number of imidazole rings is 1. The molecular weight excluding hydrogens is 378 g/mol. The van der Waals surface area contributed by atoms with E-state index in [0.717, 1.165) is 50.0 Å². The van der Waals surface area contributed by atoms with E-state index in [1.54, 1.807) is 13.4 Å². The lowest BCUT2D eigenvalue weighted by molar-refractivity contribution is 0.247. The molecule has 0 bridgehead atoms. The molecule has 0 N–H and O–H groups in total. The molecule has 7 nitrogen and oxygen atoms in total. The van der Waals surface area contributed by atoms with Gasteiger partial charge in [0.05, 0.1) is 6.33 Å². The second-order valence-corrected chi connectivity index (χ2v) is 7.32. The molecule has 1 aromatic carbocycles. The van der Waals surface area contributed by atoms with Gasteiger partial charge in [0.15, 0.2) is 11.2 Å². The first-order valence-corrected chi connectivity index (χ1v) is 9.46. The van der Waals surface area contributed by atoms with Crippen LogP contribution in [0.4, 0.5) is 0 Å². The van der Waals surface area contributed by atoms with E-state index >= 15 is 0 Å². The standard InChI is InChI=1S/C20H25N5O2.ClH/c1-22-18-17(19(26)23(2)20(22)27)25(14-21-18)11-6-5-10-24-12-9-15-7-3-4-8-16(15)13-24;/h3-4,7-8,14H,5-6,9-13H2,1-2H3;1H. The molecule has 8 heteroatoms. The third kappa shape index (κ3) is 3.64.